The lowest BCUT2D eigenvalue weighted by Gasteiger charge is -2.31. The van der Waals surface area contributed by atoms with Gasteiger partial charge in [-0.25, -0.2) is 4.98 Å². The Morgan fingerprint density at radius 1 is 1.14 bits per heavy atom. The van der Waals surface area contributed by atoms with E-state index in [1.807, 2.05) is 40.6 Å². The van der Waals surface area contributed by atoms with Crippen LogP contribution < -0.4 is 15.0 Å². The molecule has 1 saturated heterocycles. The van der Waals surface area contributed by atoms with Gasteiger partial charge in [0.05, 0.1) is 33.3 Å². The zero-order chi connectivity index (χ0) is 20.1. The Balaban J connectivity index is 1.31. The average molecular weight is 410 g/mol. The topological polar surface area (TPSA) is 58.9 Å². The van der Waals surface area contributed by atoms with Crippen LogP contribution >= 0.6 is 11.3 Å². The van der Waals surface area contributed by atoms with E-state index in [4.69, 9.17) is 4.74 Å². The highest BCUT2D eigenvalue weighted by Crippen LogP contribution is 2.23. The molecule has 0 unspecified atom stereocenters. The molecular weight excluding hydrogens is 384 g/mol. The number of amides is 1. The zero-order valence-corrected chi connectivity index (χ0v) is 17.2. The highest BCUT2D eigenvalue weighted by molar-refractivity contribution is 7.14. The molecule has 1 aliphatic rings. The molecule has 150 valence electrons. The molecule has 3 aromatic rings. The van der Waals surface area contributed by atoms with Gasteiger partial charge in [-0.15, -0.1) is 11.3 Å². The summed E-state index contributed by atoms with van der Waals surface area (Å²) in [6.07, 6.45) is 0. The number of nitrogens with zero attached hydrogens (tertiary/aromatic N) is 2. The number of aromatic nitrogens is 1. The summed E-state index contributed by atoms with van der Waals surface area (Å²) >= 11 is 1.44. The van der Waals surface area contributed by atoms with Crippen molar-refractivity contribution in [2.75, 3.05) is 38.6 Å². The van der Waals surface area contributed by atoms with Crippen LogP contribution in [0, 0.1) is 0 Å². The maximum absolute atomic E-state index is 12.8. The van der Waals surface area contributed by atoms with Gasteiger partial charge < -0.3 is 19.9 Å². The van der Waals surface area contributed by atoms with Gasteiger partial charge in [0.2, 0.25) is 0 Å². The van der Waals surface area contributed by atoms with Gasteiger partial charge >= 0.3 is 0 Å². The van der Waals surface area contributed by atoms with Gasteiger partial charge in [0, 0.05) is 16.6 Å². The third-order valence-electron chi connectivity index (χ3n) is 5.12. The van der Waals surface area contributed by atoms with E-state index in [-0.39, 0.29) is 5.91 Å². The van der Waals surface area contributed by atoms with E-state index in [9.17, 15) is 4.79 Å². The van der Waals surface area contributed by atoms with Crippen molar-refractivity contribution < 1.29 is 14.4 Å². The normalized spacial score (nSPS) is 14.6. The molecule has 0 spiro atoms. The summed E-state index contributed by atoms with van der Waals surface area (Å²) in [5.41, 5.74) is 2.77. The number of hydrogen-bond donors (Lipinski definition) is 2. The summed E-state index contributed by atoms with van der Waals surface area (Å²) in [7, 11) is 1.64. The number of carbonyl (C=O) groups is 1. The first kappa shape index (κ1) is 19.4. The Labute approximate surface area is 174 Å². The standard InChI is InChI=1S/C22H24N4O2S/c1-28-19-9-7-18(8-10-19)23-22-24-20(16-29-22)21(27)26-13-11-25(12-14-26)15-17-5-3-2-4-6-17/h2-10,16H,11-15H2,1H3,(H,23,24)/p+1. The van der Waals surface area contributed by atoms with Gasteiger partial charge in [0.25, 0.3) is 5.91 Å². The summed E-state index contributed by atoms with van der Waals surface area (Å²) in [6.45, 7) is 4.46. The summed E-state index contributed by atoms with van der Waals surface area (Å²) in [4.78, 5) is 20.8. The number of ether oxygens (including phenoxy) is 1. The van der Waals surface area contributed by atoms with Crippen LogP contribution in [0.4, 0.5) is 10.8 Å². The summed E-state index contributed by atoms with van der Waals surface area (Å²) in [5, 5.41) is 5.79. The second-order valence-corrected chi connectivity index (χ2v) is 7.95. The molecule has 29 heavy (non-hydrogen) atoms. The highest BCUT2D eigenvalue weighted by atomic mass is 32.1. The molecule has 0 atom stereocenters. The average Bonchev–Trinajstić information content (AvgIpc) is 3.23. The Morgan fingerprint density at radius 2 is 1.86 bits per heavy atom. The largest absolute Gasteiger partial charge is 0.497 e. The van der Waals surface area contributed by atoms with Crippen molar-refractivity contribution in [1.29, 1.82) is 0 Å². The number of benzene rings is 2. The van der Waals surface area contributed by atoms with E-state index < -0.39 is 0 Å². The first-order chi connectivity index (χ1) is 14.2. The predicted octanol–water partition coefficient (Wildman–Crippen LogP) is 2.44. The van der Waals surface area contributed by atoms with Crippen molar-refractivity contribution >= 4 is 28.1 Å². The lowest BCUT2D eigenvalue weighted by Crippen LogP contribution is -3.13. The van der Waals surface area contributed by atoms with Crippen LogP contribution in [0.25, 0.3) is 0 Å². The van der Waals surface area contributed by atoms with Crippen LogP contribution in [-0.4, -0.2) is 49.1 Å². The van der Waals surface area contributed by atoms with E-state index in [0.29, 0.717) is 10.8 Å². The van der Waals surface area contributed by atoms with Gasteiger partial charge in [0.15, 0.2) is 5.13 Å². The monoisotopic (exact) mass is 409 g/mol. The molecule has 4 rings (SSSR count). The van der Waals surface area contributed by atoms with Crippen LogP contribution in [0.2, 0.25) is 0 Å². The fourth-order valence-corrected chi connectivity index (χ4v) is 4.18. The third-order valence-corrected chi connectivity index (χ3v) is 5.88. The molecule has 2 aromatic carbocycles. The Kier molecular flexibility index (Phi) is 6.07. The van der Waals surface area contributed by atoms with Gasteiger partial charge in [-0.3, -0.25) is 4.79 Å². The van der Waals surface area contributed by atoms with Crippen molar-refractivity contribution in [2.45, 2.75) is 6.54 Å². The summed E-state index contributed by atoms with van der Waals surface area (Å²) in [6, 6.07) is 18.2. The minimum atomic E-state index is 0.0165. The molecule has 2 heterocycles. The van der Waals surface area contributed by atoms with Crippen molar-refractivity contribution in [3.05, 3.63) is 71.2 Å². The first-order valence-electron chi connectivity index (χ1n) is 9.74. The SMILES string of the molecule is COc1ccc(Nc2nc(C(=O)N3CC[NH+](Cc4ccccc4)CC3)cs2)cc1. The van der Waals surface area contributed by atoms with Crippen molar-refractivity contribution in [2.24, 2.45) is 0 Å². The molecule has 1 fully saturated rings. The highest BCUT2D eigenvalue weighted by Gasteiger charge is 2.26. The van der Waals surface area contributed by atoms with E-state index in [2.05, 4.69) is 34.6 Å². The lowest BCUT2D eigenvalue weighted by molar-refractivity contribution is -0.917. The zero-order valence-electron chi connectivity index (χ0n) is 16.4. The Morgan fingerprint density at radius 3 is 2.55 bits per heavy atom. The van der Waals surface area contributed by atoms with E-state index in [0.717, 1.165) is 44.2 Å². The number of anilines is 2. The number of nitrogens with one attached hydrogen (secondary N) is 2. The van der Waals surface area contributed by atoms with Gasteiger partial charge in [-0.1, -0.05) is 30.3 Å². The molecule has 2 N–H and O–H groups in total. The maximum Gasteiger partial charge on any atom is 0.273 e. The second-order valence-electron chi connectivity index (χ2n) is 7.10. The fourth-order valence-electron chi connectivity index (χ4n) is 3.48. The van der Waals surface area contributed by atoms with Gasteiger partial charge in [-0.05, 0) is 24.3 Å². The van der Waals surface area contributed by atoms with Crippen molar-refractivity contribution in [3.8, 4) is 5.75 Å². The molecule has 6 nitrogen and oxygen atoms in total. The van der Waals surface area contributed by atoms with Crippen LogP contribution in [-0.2, 0) is 6.54 Å². The van der Waals surface area contributed by atoms with Crippen molar-refractivity contribution in [1.82, 2.24) is 9.88 Å². The molecule has 0 aliphatic carbocycles. The minimum absolute atomic E-state index is 0.0165. The van der Waals surface area contributed by atoms with Crippen LogP contribution in [0.5, 0.6) is 5.75 Å². The number of quaternary nitrogens is 1. The quantitative estimate of drug-likeness (QED) is 0.657. The second kappa shape index (κ2) is 9.07. The molecule has 0 saturated carbocycles. The molecular formula is C22H25N4O2S+. The Bertz CT molecular complexity index is 935. The predicted molar refractivity (Wildman–Crippen MR) is 115 cm³/mol. The lowest BCUT2D eigenvalue weighted by atomic mass is 10.2. The molecule has 1 aromatic heterocycles. The molecule has 1 amide bonds. The number of thiazole rings is 1. The van der Waals surface area contributed by atoms with Crippen LogP contribution in [0.1, 0.15) is 16.1 Å². The van der Waals surface area contributed by atoms with Crippen molar-refractivity contribution in [3.63, 3.8) is 0 Å². The maximum atomic E-state index is 12.8. The fraction of sp³-hybridized carbons (Fsp3) is 0.273. The van der Waals surface area contributed by atoms with E-state index >= 15 is 0 Å². The molecule has 7 heteroatoms. The number of methoxy groups -OCH3 is 1. The van der Waals surface area contributed by atoms with Crippen LogP contribution in [0.15, 0.2) is 60.0 Å². The molecule has 0 bridgehead atoms. The van der Waals surface area contributed by atoms with Gasteiger partial charge in [-0.2, -0.15) is 0 Å². The third kappa shape index (κ3) is 4.93. The first-order valence-corrected chi connectivity index (χ1v) is 10.6. The summed E-state index contributed by atoms with van der Waals surface area (Å²) < 4.78 is 5.17. The molecule has 0 radical (unpaired) electrons. The number of hydrogen-bond acceptors (Lipinski definition) is 5. The number of carbonyl (C=O) groups excluding carboxylic acids is 1. The smallest absolute Gasteiger partial charge is 0.273 e. The van der Waals surface area contributed by atoms with E-state index in [1.165, 1.54) is 21.8 Å². The van der Waals surface area contributed by atoms with Crippen LogP contribution in [0.3, 0.4) is 0 Å². The Hall–Kier alpha value is -2.90. The number of piperazine rings is 1. The summed E-state index contributed by atoms with van der Waals surface area (Å²) in [5.74, 6) is 0.821. The number of rotatable bonds is 6. The van der Waals surface area contributed by atoms with E-state index in [1.54, 1.807) is 7.11 Å². The minimum Gasteiger partial charge on any atom is -0.497 e. The molecule has 1 aliphatic heterocycles. The van der Waals surface area contributed by atoms with Gasteiger partial charge in [0.1, 0.15) is 18.0 Å².